The second-order valence-corrected chi connectivity index (χ2v) is 5.32. The lowest BCUT2D eigenvalue weighted by Crippen LogP contribution is -2.31. The average molecular weight is 240 g/mol. The smallest absolute Gasteiger partial charge is 0.0503 e. The quantitative estimate of drug-likeness (QED) is 0.874. The summed E-state index contributed by atoms with van der Waals surface area (Å²) >= 11 is 6.16. The summed E-state index contributed by atoms with van der Waals surface area (Å²) in [5.74, 6) is 0. The Labute approximate surface area is 102 Å². The number of nitrogens with zero attached hydrogens (tertiary/aromatic N) is 1. The van der Waals surface area contributed by atoms with Gasteiger partial charge < -0.3 is 10.0 Å². The van der Waals surface area contributed by atoms with Crippen LogP contribution in [0.1, 0.15) is 12.0 Å². The fourth-order valence-corrected chi connectivity index (χ4v) is 2.74. The van der Waals surface area contributed by atoms with Gasteiger partial charge in [-0.1, -0.05) is 29.8 Å². The first-order valence-corrected chi connectivity index (χ1v) is 6.06. The van der Waals surface area contributed by atoms with Crippen LogP contribution in [0.3, 0.4) is 0 Å². The van der Waals surface area contributed by atoms with E-state index in [0.29, 0.717) is 0 Å². The predicted octanol–water partition coefficient (Wildman–Crippen LogP) is 2.20. The maximum absolute atomic E-state index is 9.62. The van der Waals surface area contributed by atoms with Gasteiger partial charge in [-0.3, -0.25) is 0 Å². The number of rotatable bonds is 3. The zero-order chi connectivity index (χ0) is 11.6. The molecule has 1 saturated heterocycles. The highest BCUT2D eigenvalue weighted by molar-refractivity contribution is 6.31. The van der Waals surface area contributed by atoms with Gasteiger partial charge in [0.25, 0.3) is 0 Å². The van der Waals surface area contributed by atoms with Gasteiger partial charge in [0.2, 0.25) is 0 Å². The number of aliphatic hydroxyl groups excluding tert-OH is 1. The van der Waals surface area contributed by atoms with Crippen LogP contribution in [-0.4, -0.2) is 36.8 Å². The van der Waals surface area contributed by atoms with E-state index in [1.165, 1.54) is 0 Å². The van der Waals surface area contributed by atoms with Gasteiger partial charge in [0.15, 0.2) is 0 Å². The molecular weight excluding hydrogens is 222 g/mol. The number of halogens is 1. The third kappa shape index (κ3) is 2.40. The predicted molar refractivity (Wildman–Crippen MR) is 66.8 cm³/mol. The molecule has 1 atom stereocenters. The molecule has 1 unspecified atom stereocenters. The molecule has 0 spiro atoms. The Hall–Kier alpha value is -0.570. The first-order chi connectivity index (χ1) is 7.65. The molecule has 88 valence electrons. The zero-order valence-electron chi connectivity index (χ0n) is 9.62. The molecule has 1 fully saturated rings. The number of benzene rings is 1. The van der Waals surface area contributed by atoms with E-state index in [0.717, 1.165) is 36.5 Å². The molecule has 1 aromatic rings. The second-order valence-electron chi connectivity index (χ2n) is 4.91. The van der Waals surface area contributed by atoms with Crippen LogP contribution in [-0.2, 0) is 6.42 Å². The van der Waals surface area contributed by atoms with Gasteiger partial charge in [-0.15, -0.1) is 0 Å². The van der Waals surface area contributed by atoms with Gasteiger partial charge >= 0.3 is 0 Å². The van der Waals surface area contributed by atoms with Gasteiger partial charge in [-0.2, -0.15) is 0 Å². The summed E-state index contributed by atoms with van der Waals surface area (Å²) in [5.41, 5.74) is 1.15. The molecule has 1 aliphatic rings. The molecule has 0 saturated carbocycles. The molecule has 0 bridgehead atoms. The Morgan fingerprint density at radius 1 is 1.44 bits per heavy atom. The molecule has 2 rings (SSSR count). The Morgan fingerprint density at radius 3 is 2.75 bits per heavy atom. The molecule has 1 aliphatic heterocycles. The molecule has 0 radical (unpaired) electrons. The molecule has 0 amide bonds. The van der Waals surface area contributed by atoms with Crippen molar-refractivity contribution >= 4 is 11.6 Å². The minimum Gasteiger partial charge on any atom is -0.396 e. The fraction of sp³-hybridized carbons (Fsp3) is 0.538. The van der Waals surface area contributed by atoms with Crippen LogP contribution in [0.4, 0.5) is 0 Å². The number of aliphatic hydroxyl groups is 1. The Bertz CT molecular complexity index is 369. The van der Waals surface area contributed by atoms with Gasteiger partial charge in [0.05, 0.1) is 6.61 Å². The fourth-order valence-electron chi connectivity index (χ4n) is 2.53. The molecule has 16 heavy (non-hydrogen) atoms. The third-order valence-electron chi connectivity index (χ3n) is 3.49. The molecule has 2 nitrogen and oxygen atoms in total. The Kier molecular flexibility index (Phi) is 3.53. The van der Waals surface area contributed by atoms with Crippen molar-refractivity contribution in [2.45, 2.75) is 12.8 Å². The summed E-state index contributed by atoms with van der Waals surface area (Å²) in [6, 6.07) is 7.92. The van der Waals surface area contributed by atoms with E-state index in [1.54, 1.807) is 0 Å². The maximum atomic E-state index is 9.62. The zero-order valence-corrected chi connectivity index (χ0v) is 10.4. The summed E-state index contributed by atoms with van der Waals surface area (Å²) in [7, 11) is 2.10. The van der Waals surface area contributed by atoms with Crippen molar-refractivity contribution in [2.24, 2.45) is 5.41 Å². The molecule has 0 aliphatic carbocycles. The Morgan fingerprint density at radius 2 is 2.19 bits per heavy atom. The van der Waals surface area contributed by atoms with Crippen molar-refractivity contribution in [3.05, 3.63) is 34.9 Å². The first kappa shape index (κ1) is 11.9. The lowest BCUT2D eigenvalue weighted by atomic mass is 9.81. The summed E-state index contributed by atoms with van der Waals surface area (Å²) in [6.07, 6.45) is 1.92. The SMILES string of the molecule is CN1CCC(CO)(Cc2ccccc2Cl)C1. The highest BCUT2D eigenvalue weighted by Gasteiger charge is 2.36. The van der Waals surface area contributed by atoms with E-state index >= 15 is 0 Å². The van der Waals surface area contributed by atoms with Crippen molar-refractivity contribution in [3.63, 3.8) is 0 Å². The van der Waals surface area contributed by atoms with Gasteiger partial charge in [0.1, 0.15) is 0 Å². The van der Waals surface area contributed by atoms with Gasteiger partial charge in [0, 0.05) is 17.0 Å². The number of hydrogen-bond acceptors (Lipinski definition) is 2. The Balaban J connectivity index is 2.16. The van der Waals surface area contributed by atoms with Crippen LogP contribution >= 0.6 is 11.6 Å². The standard InChI is InChI=1S/C13H18ClNO/c1-15-7-6-13(9-15,10-16)8-11-4-2-3-5-12(11)14/h2-5,16H,6-10H2,1H3. The van der Waals surface area contributed by atoms with E-state index in [9.17, 15) is 5.11 Å². The van der Waals surface area contributed by atoms with E-state index in [1.807, 2.05) is 18.2 Å². The lowest BCUT2D eigenvalue weighted by Gasteiger charge is -2.27. The summed E-state index contributed by atoms with van der Waals surface area (Å²) in [4.78, 5) is 2.27. The van der Waals surface area contributed by atoms with Crippen molar-refractivity contribution in [1.29, 1.82) is 0 Å². The largest absolute Gasteiger partial charge is 0.396 e. The van der Waals surface area contributed by atoms with E-state index in [2.05, 4.69) is 18.0 Å². The summed E-state index contributed by atoms with van der Waals surface area (Å²) in [6.45, 7) is 2.25. The summed E-state index contributed by atoms with van der Waals surface area (Å²) in [5, 5.41) is 10.4. The molecule has 1 heterocycles. The second kappa shape index (κ2) is 4.74. The molecular formula is C13H18ClNO. The molecule has 1 aromatic carbocycles. The van der Waals surface area contributed by atoms with Crippen LogP contribution in [0.25, 0.3) is 0 Å². The third-order valence-corrected chi connectivity index (χ3v) is 3.86. The highest BCUT2D eigenvalue weighted by atomic mass is 35.5. The van der Waals surface area contributed by atoms with Gasteiger partial charge in [-0.25, -0.2) is 0 Å². The average Bonchev–Trinajstić information content (AvgIpc) is 2.65. The highest BCUT2D eigenvalue weighted by Crippen LogP contribution is 2.34. The van der Waals surface area contributed by atoms with Gasteiger partial charge in [-0.05, 0) is 38.1 Å². The topological polar surface area (TPSA) is 23.5 Å². The maximum Gasteiger partial charge on any atom is 0.0503 e. The number of likely N-dealkylation sites (tertiary alicyclic amines) is 1. The van der Waals surface area contributed by atoms with Crippen LogP contribution in [0, 0.1) is 5.41 Å². The van der Waals surface area contributed by atoms with E-state index in [4.69, 9.17) is 11.6 Å². The van der Waals surface area contributed by atoms with Crippen LogP contribution in [0.2, 0.25) is 5.02 Å². The first-order valence-electron chi connectivity index (χ1n) is 5.68. The van der Waals surface area contributed by atoms with E-state index in [-0.39, 0.29) is 12.0 Å². The lowest BCUT2D eigenvalue weighted by molar-refractivity contribution is 0.132. The molecule has 0 aromatic heterocycles. The summed E-state index contributed by atoms with van der Waals surface area (Å²) < 4.78 is 0. The van der Waals surface area contributed by atoms with Crippen molar-refractivity contribution in [1.82, 2.24) is 4.90 Å². The normalized spacial score (nSPS) is 26.2. The van der Waals surface area contributed by atoms with E-state index < -0.39 is 0 Å². The minimum atomic E-state index is -0.000255. The molecule has 3 heteroatoms. The van der Waals surface area contributed by atoms with Crippen LogP contribution < -0.4 is 0 Å². The van der Waals surface area contributed by atoms with Crippen molar-refractivity contribution < 1.29 is 5.11 Å². The number of hydrogen-bond donors (Lipinski definition) is 1. The molecule has 1 N–H and O–H groups in total. The van der Waals surface area contributed by atoms with Crippen LogP contribution in [0.5, 0.6) is 0 Å². The monoisotopic (exact) mass is 239 g/mol. The van der Waals surface area contributed by atoms with Crippen molar-refractivity contribution in [3.8, 4) is 0 Å². The van der Waals surface area contributed by atoms with Crippen molar-refractivity contribution in [2.75, 3.05) is 26.7 Å². The van der Waals surface area contributed by atoms with Crippen LogP contribution in [0.15, 0.2) is 24.3 Å². The minimum absolute atomic E-state index is 0.000255.